The number of rotatable bonds is 3. The van der Waals surface area contributed by atoms with Crippen molar-refractivity contribution >= 4 is 0 Å². The zero-order valence-electron chi connectivity index (χ0n) is 7.67. The van der Waals surface area contributed by atoms with Crippen LogP contribution >= 0.6 is 0 Å². The second kappa shape index (κ2) is 2.76. The molecule has 1 saturated carbocycles. The lowest BCUT2D eigenvalue weighted by Crippen LogP contribution is -2.35. The maximum Gasteiger partial charge on any atom is 0.0634 e. The molecule has 11 heavy (non-hydrogen) atoms. The van der Waals surface area contributed by atoms with Crippen molar-refractivity contribution in [2.24, 2.45) is 23.0 Å². The van der Waals surface area contributed by atoms with Crippen LogP contribution in [0.1, 0.15) is 27.2 Å². The molecule has 0 radical (unpaired) electrons. The third-order valence-corrected chi connectivity index (χ3v) is 3.11. The number of hydrogen-bond donors (Lipinski definition) is 2. The molecular formula is C9H19NO. The Morgan fingerprint density at radius 1 is 1.64 bits per heavy atom. The van der Waals surface area contributed by atoms with E-state index < -0.39 is 0 Å². The third kappa shape index (κ3) is 1.30. The van der Waals surface area contributed by atoms with E-state index in [1.807, 2.05) is 13.8 Å². The summed E-state index contributed by atoms with van der Waals surface area (Å²) in [4.78, 5) is 0. The molecule has 0 unspecified atom stereocenters. The van der Waals surface area contributed by atoms with Crippen molar-refractivity contribution in [2.75, 3.05) is 6.54 Å². The van der Waals surface area contributed by atoms with Gasteiger partial charge in [-0.3, -0.25) is 0 Å². The van der Waals surface area contributed by atoms with Crippen LogP contribution in [0.15, 0.2) is 0 Å². The van der Waals surface area contributed by atoms with Crippen LogP contribution in [0.4, 0.5) is 0 Å². The number of hydrogen-bond acceptors (Lipinski definition) is 2. The highest BCUT2D eigenvalue weighted by Crippen LogP contribution is 2.55. The van der Waals surface area contributed by atoms with Crippen molar-refractivity contribution in [1.29, 1.82) is 0 Å². The van der Waals surface area contributed by atoms with Gasteiger partial charge in [-0.2, -0.15) is 0 Å². The van der Waals surface area contributed by atoms with Gasteiger partial charge in [-0.1, -0.05) is 20.8 Å². The fourth-order valence-corrected chi connectivity index (χ4v) is 1.99. The molecular weight excluding hydrogens is 138 g/mol. The molecule has 3 N–H and O–H groups in total. The van der Waals surface area contributed by atoms with Crippen molar-refractivity contribution < 1.29 is 5.11 Å². The summed E-state index contributed by atoms with van der Waals surface area (Å²) in [5.41, 5.74) is 5.70. The average molecular weight is 157 g/mol. The van der Waals surface area contributed by atoms with Gasteiger partial charge in [-0.05, 0) is 18.3 Å². The standard InChI is InChI=1S/C9H19NO/c1-6(2)8(11)9(5-10)4-7(9)3/h6-8,11H,4-5,10H2,1-3H3/t7-,8-,9-/m0/s1. The minimum Gasteiger partial charge on any atom is -0.392 e. The summed E-state index contributed by atoms with van der Waals surface area (Å²) in [6.07, 6.45) is 0.894. The molecule has 0 saturated heterocycles. The summed E-state index contributed by atoms with van der Waals surface area (Å²) in [5, 5.41) is 9.81. The molecule has 1 fully saturated rings. The van der Waals surface area contributed by atoms with E-state index >= 15 is 0 Å². The van der Waals surface area contributed by atoms with E-state index in [1.165, 1.54) is 0 Å². The highest BCUT2D eigenvalue weighted by Gasteiger charge is 2.55. The van der Waals surface area contributed by atoms with Gasteiger partial charge in [0.05, 0.1) is 6.10 Å². The van der Waals surface area contributed by atoms with E-state index in [1.54, 1.807) is 0 Å². The smallest absolute Gasteiger partial charge is 0.0634 e. The maximum absolute atomic E-state index is 9.81. The molecule has 0 heterocycles. The molecule has 2 nitrogen and oxygen atoms in total. The lowest BCUT2D eigenvalue weighted by atomic mass is 9.88. The average Bonchev–Trinajstić information content (AvgIpc) is 2.61. The molecule has 0 aromatic carbocycles. The van der Waals surface area contributed by atoms with E-state index in [2.05, 4.69) is 6.92 Å². The van der Waals surface area contributed by atoms with E-state index in [4.69, 9.17) is 5.73 Å². The van der Waals surface area contributed by atoms with E-state index in [9.17, 15) is 5.11 Å². The molecule has 0 spiro atoms. The molecule has 1 aliphatic carbocycles. The van der Waals surface area contributed by atoms with Crippen LogP contribution < -0.4 is 5.73 Å². The van der Waals surface area contributed by atoms with Crippen molar-refractivity contribution in [3.8, 4) is 0 Å². The van der Waals surface area contributed by atoms with Crippen molar-refractivity contribution in [3.05, 3.63) is 0 Å². The van der Waals surface area contributed by atoms with Crippen LogP contribution in [0.5, 0.6) is 0 Å². The Bertz CT molecular complexity index is 142. The Labute approximate surface area is 68.8 Å². The normalized spacial score (nSPS) is 39.3. The first kappa shape index (κ1) is 9.01. The third-order valence-electron chi connectivity index (χ3n) is 3.11. The molecule has 3 atom stereocenters. The fourth-order valence-electron chi connectivity index (χ4n) is 1.99. The summed E-state index contributed by atoms with van der Waals surface area (Å²) in [6, 6.07) is 0. The quantitative estimate of drug-likeness (QED) is 0.641. The van der Waals surface area contributed by atoms with Gasteiger partial charge >= 0.3 is 0 Å². The summed E-state index contributed by atoms with van der Waals surface area (Å²) in [6.45, 7) is 6.90. The zero-order valence-corrected chi connectivity index (χ0v) is 7.67. The van der Waals surface area contributed by atoms with Crippen molar-refractivity contribution in [3.63, 3.8) is 0 Å². The largest absolute Gasteiger partial charge is 0.392 e. The zero-order chi connectivity index (χ0) is 8.65. The molecule has 0 bridgehead atoms. The predicted molar refractivity (Wildman–Crippen MR) is 46.1 cm³/mol. The van der Waals surface area contributed by atoms with Gasteiger partial charge in [0.1, 0.15) is 0 Å². The predicted octanol–water partition coefficient (Wildman–Crippen LogP) is 0.988. The summed E-state index contributed by atoms with van der Waals surface area (Å²) < 4.78 is 0. The molecule has 1 aliphatic rings. The van der Waals surface area contributed by atoms with Crippen LogP contribution in [-0.4, -0.2) is 17.8 Å². The Morgan fingerprint density at radius 2 is 2.09 bits per heavy atom. The number of nitrogens with two attached hydrogens (primary N) is 1. The first-order valence-corrected chi connectivity index (χ1v) is 4.42. The Morgan fingerprint density at radius 3 is 2.18 bits per heavy atom. The minimum atomic E-state index is -0.206. The number of aliphatic hydroxyl groups is 1. The summed E-state index contributed by atoms with van der Waals surface area (Å²) >= 11 is 0. The van der Waals surface area contributed by atoms with Crippen LogP contribution in [0.25, 0.3) is 0 Å². The first-order chi connectivity index (χ1) is 5.04. The Hall–Kier alpha value is -0.0800. The van der Waals surface area contributed by atoms with Crippen LogP contribution in [0.3, 0.4) is 0 Å². The van der Waals surface area contributed by atoms with Gasteiger partial charge in [-0.15, -0.1) is 0 Å². The number of aliphatic hydroxyl groups excluding tert-OH is 1. The lowest BCUT2D eigenvalue weighted by Gasteiger charge is -2.24. The van der Waals surface area contributed by atoms with Gasteiger partial charge in [0.15, 0.2) is 0 Å². The maximum atomic E-state index is 9.81. The molecule has 0 aliphatic heterocycles. The molecule has 2 heteroatoms. The molecule has 1 rings (SSSR count). The van der Waals surface area contributed by atoms with Gasteiger partial charge in [0.25, 0.3) is 0 Å². The van der Waals surface area contributed by atoms with Crippen LogP contribution in [0, 0.1) is 17.3 Å². The van der Waals surface area contributed by atoms with Crippen molar-refractivity contribution in [1.82, 2.24) is 0 Å². The second-order valence-electron chi connectivity index (χ2n) is 4.23. The first-order valence-electron chi connectivity index (χ1n) is 4.42. The van der Waals surface area contributed by atoms with E-state index in [0.717, 1.165) is 6.42 Å². The topological polar surface area (TPSA) is 46.2 Å². The summed E-state index contributed by atoms with van der Waals surface area (Å²) in [7, 11) is 0. The van der Waals surface area contributed by atoms with E-state index in [0.29, 0.717) is 18.4 Å². The molecule has 0 aromatic heterocycles. The van der Waals surface area contributed by atoms with E-state index in [-0.39, 0.29) is 11.5 Å². The molecule has 0 amide bonds. The van der Waals surface area contributed by atoms with Crippen LogP contribution in [-0.2, 0) is 0 Å². The highest BCUT2D eigenvalue weighted by atomic mass is 16.3. The van der Waals surface area contributed by atoms with Gasteiger partial charge in [-0.25, -0.2) is 0 Å². The second-order valence-corrected chi connectivity index (χ2v) is 4.23. The molecule has 66 valence electrons. The van der Waals surface area contributed by atoms with Crippen LogP contribution in [0.2, 0.25) is 0 Å². The Balaban J connectivity index is 2.58. The summed E-state index contributed by atoms with van der Waals surface area (Å²) in [5.74, 6) is 0.952. The Kier molecular flexibility index (Phi) is 2.26. The van der Waals surface area contributed by atoms with Crippen molar-refractivity contribution in [2.45, 2.75) is 33.3 Å². The SMILES string of the molecule is CC(C)[C@H](O)[C@]1(CN)C[C@@H]1C. The monoisotopic (exact) mass is 157 g/mol. The molecule has 0 aromatic rings. The van der Waals surface area contributed by atoms with Gasteiger partial charge in [0, 0.05) is 12.0 Å². The highest BCUT2D eigenvalue weighted by molar-refractivity contribution is 5.05. The fraction of sp³-hybridized carbons (Fsp3) is 1.00. The minimum absolute atomic E-state index is 0.0637. The van der Waals surface area contributed by atoms with Gasteiger partial charge < -0.3 is 10.8 Å². The van der Waals surface area contributed by atoms with Gasteiger partial charge in [0.2, 0.25) is 0 Å². The lowest BCUT2D eigenvalue weighted by molar-refractivity contribution is 0.0474.